The van der Waals surface area contributed by atoms with Crippen LogP contribution in [-0.4, -0.2) is 31.3 Å². The van der Waals surface area contributed by atoms with Gasteiger partial charge in [0, 0.05) is 16.8 Å². The van der Waals surface area contributed by atoms with Gasteiger partial charge in [-0.25, -0.2) is 5.43 Å². The first-order chi connectivity index (χ1) is 12.2. The fourth-order valence-corrected chi connectivity index (χ4v) is 2.63. The zero-order chi connectivity index (χ0) is 17.6. The van der Waals surface area contributed by atoms with Crippen LogP contribution in [0.5, 0.6) is 11.5 Å². The molecule has 3 rings (SSSR count). The molecular formula is C19H19N3O3. The maximum Gasteiger partial charge on any atom is 0.245 e. The highest BCUT2D eigenvalue weighted by Gasteiger charge is 2.08. The topological polar surface area (TPSA) is 75.7 Å². The van der Waals surface area contributed by atoms with Gasteiger partial charge in [0.1, 0.15) is 0 Å². The number of H-pyrrole nitrogens is 1. The number of nitrogens with one attached hydrogen (secondary N) is 2. The summed E-state index contributed by atoms with van der Waals surface area (Å²) in [6, 6.07) is 15.3. The molecule has 0 radical (unpaired) electrons. The van der Waals surface area contributed by atoms with E-state index in [4.69, 9.17) is 9.47 Å². The summed E-state index contributed by atoms with van der Waals surface area (Å²) < 4.78 is 10.6. The minimum Gasteiger partial charge on any atom is -0.493 e. The predicted octanol–water partition coefficient (Wildman–Crippen LogP) is 2.88. The van der Waals surface area contributed by atoms with Gasteiger partial charge < -0.3 is 14.5 Å². The number of benzene rings is 2. The molecule has 0 unspecified atom stereocenters. The average molecular weight is 337 g/mol. The zero-order valence-corrected chi connectivity index (χ0v) is 14.1. The number of methoxy groups -OCH3 is 2. The van der Waals surface area contributed by atoms with Gasteiger partial charge in [0.2, 0.25) is 5.91 Å². The Labute approximate surface area is 145 Å². The quantitative estimate of drug-likeness (QED) is 0.536. The predicted molar refractivity (Wildman–Crippen MR) is 97.3 cm³/mol. The first-order valence-electron chi connectivity index (χ1n) is 7.81. The lowest BCUT2D eigenvalue weighted by molar-refractivity contribution is -0.120. The van der Waals surface area contributed by atoms with Crippen LogP contribution in [0.15, 0.2) is 53.6 Å². The number of aromatic amines is 1. The number of fused-ring (bicyclic) bond motifs is 1. The number of nitrogens with zero attached hydrogens (tertiary/aromatic N) is 1. The largest absolute Gasteiger partial charge is 0.493 e. The summed E-state index contributed by atoms with van der Waals surface area (Å²) in [4.78, 5) is 15.3. The third kappa shape index (κ3) is 3.80. The van der Waals surface area contributed by atoms with Crippen molar-refractivity contribution in [3.8, 4) is 11.5 Å². The molecule has 128 valence electrons. The second kappa shape index (κ2) is 7.53. The molecule has 0 aliphatic carbocycles. The monoisotopic (exact) mass is 337 g/mol. The van der Waals surface area contributed by atoms with Gasteiger partial charge in [-0.2, -0.15) is 5.10 Å². The number of carbonyl (C=O) groups is 1. The number of rotatable bonds is 6. The van der Waals surface area contributed by atoms with Crippen LogP contribution < -0.4 is 14.9 Å². The number of carbonyl (C=O) groups excluding carboxylic acids is 1. The summed E-state index contributed by atoms with van der Waals surface area (Å²) >= 11 is 0. The molecule has 1 aromatic heterocycles. The molecule has 3 aromatic rings. The standard InChI is InChI=1S/C19H19N3O3/c1-24-17-9-5-7-14(19(17)25-2)12-20-22-18(23)11-15-10-13-6-3-4-8-16(13)21-15/h3-10,12,21H,11H2,1-2H3,(H,22,23). The van der Waals surface area contributed by atoms with Crippen molar-refractivity contribution >= 4 is 23.0 Å². The Kier molecular flexibility index (Phi) is 4.99. The van der Waals surface area contributed by atoms with Crippen molar-refractivity contribution < 1.29 is 14.3 Å². The maximum atomic E-state index is 12.1. The molecule has 0 aliphatic heterocycles. The summed E-state index contributed by atoms with van der Waals surface area (Å²) in [5, 5.41) is 5.08. The smallest absolute Gasteiger partial charge is 0.245 e. The molecule has 25 heavy (non-hydrogen) atoms. The third-order valence-corrected chi connectivity index (χ3v) is 3.76. The van der Waals surface area contributed by atoms with Crippen LogP contribution in [0.25, 0.3) is 10.9 Å². The molecular weight excluding hydrogens is 318 g/mol. The van der Waals surface area contributed by atoms with Crippen molar-refractivity contribution in [3.63, 3.8) is 0 Å². The lowest BCUT2D eigenvalue weighted by Crippen LogP contribution is -2.19. The number of hydrogen-bond acceptors (Lipinski definition) is 4. The van der Waals surface area contributed by atoms with Crippen molar-refractivity contribution in [1.82, 2.24) is 10.4 Å². The van der Waals surface area contributed by atoms with Crippen LogP contribution >= 0.6 is 0 Å². The number of para-hydroxylation sites is 2. The highest BCUT2D eigenvalue weighted by molar-refractivity contribution is 5.87. The molecule has 6 heteroatoms. The lowest BCUT2D eigenvalue weighted by Gasteiger charge is -2.09. The Hall–Kier alpha value is -3.28. The van der Waals surface area contributed by atoms with Gasteiger partial charge in [0.15, 0.2) is 11.5 Å². The first kappa shape index (κ1) is 16.6. The van der Waals surface area contributed by atoms with E-state index in [1.165, 1.54) is 6.21 Å². The van der Waals surface area contributed by atoms with E-state index in [-0.39, 0.29) is 12.3 Å². The number of hydrogen-bond donors (Lipinski definition) is 2. The van der Waals surface area contributed by atoms with Crippen LogP contribution in [0.3, 0.4) is 0 Å². The Balaban J connectivity index is 1.65. The van der Waals surface area contributed by atoms with Crippen LogP contribution in [-0.2, 0) is 11.2 Å². The van der Waals surface area contributed by atoms with E-state index in [2.05, 4.69) is 15.5 Å². The van der Waals surface area contributed by atoms with E-state index in [9.17, 15) is 4.79 Å². The van der Waals surface area contributed by atoms with Crippen molar-refractivity contribution in [2.75, 3.05) is 14.2 Å². The molecule has 6 nitrogen and oxygen atoms in total. The van der Waals surface area contributed by atoms with E-state index in [0.29, 0.717) is 17.1 Å². The Morgan fingerprint density at radius 3 is 2.76 bits per heavy atom. The van der Waals surface area contributed by atoms with Gasteiger partial charge >= 0.3 is 0 Å². The summed E-state index contributed by atoms with van der Waals surface area (Å²) in [5.74, 6) is 0.971. The molecule has 0 saturated carbocycles. The van der Waals surface area contributed by atoms with Crippen molar-refractivity contribution in [2.45, 2.75) is 6.42 Å². The molecule has 0 spiro atoms. The van der Waals surface area contributed by atoms with Crippen LogP contribution in [0.2, 0.25) is 0 Å². The molecule has 1 amide bonds. The average Bonchev–Trinajstić information content (AvgIpc) is 3.03. The summed E-state index contributed by atoms with van der Waals surface area (Å²) in [7, 11) is 3.13. The third-order valence-electron chi connectivity index (χ3n) is 3.76. The zero-order valence-electron chi connectivity index (χ0n) is 14.1. The normalized spacial score (nSPS) is 11.0. The van der Waals surface area contributed by atoms with E-state index >= 15 is 0 Å². The van der Waals surface area contributed by atoms with E-state index in [0.717, 1.165) is 16.6 Å². The summed E-state index contributed by atoms with van der Waals surface area (Å²) in [6.07, 6.45) is 1.76. The molecule has 0 saturated heterocycles. The number of aromatic nitrogens is 1. The highest BCUT2D eigenvalue weighted by atomic mass is 16.5. The number of ether oxygens (including phenoxy) is 2. The number of amides is 1. The molecule has 1 heterocycles. The van der Waals surface area contributed by atoms with Crippen molar-refractivity contribution in [1.29, 1.82) is 0 Å². The second-order valence-electron chi connectivity index (χ2n) is 5.43. The van der Waals surface area contributed by atoms with Gasteiger partial charge in [0.05, 0.1) is 26.9 Å². The molecule has 0 atom stereocenters. The fraction of sp³-hybridized carbons (Fsp3) is 0.158. The maximum absolute atomic E-state index is 12.1. The lowest BCUT2D eigenvalue weighted by atomic mass is 10.2. The van der Waals surface area contributed by atoms with Gasteiger partial charge in [-0.3, -0.25) is 4.79 Å². The summed E-state index contributed by atoms with van der Waals surface area (Å²) in [5.41, 5.74) is 5.09. The van der Waals surface area contributed by atoms with Gasteiger partial charge in [-0.15, -0.1) is 0 Å². The minimum absolute atomic E-state index is 0.204. The van der Waals surface area contributed by atoms with Gasteiger partial charge in [0.25, 0.3) is 0 Å². The van der Waals surface area contributed by atoms with Gasteiger partial charge in [-0.1, -0.05) is 24.3 Å². The summed E-state index contributed by atoms with van der Waals surface area (Å²) in [6.45, 7) is 0. The SMILES string of the molecule is COc1cccc(C=NNC(=O)Cc2cc3ccccc3[nH]2)c1OC. The molecule has 0 fully saturated rings. The Morgan fingerprint density at radius 2 is 2.00 bits per heavy atom. The van der Waals surface area contributed by atoms with Crippen molar-refractivity contribution in [2.24, 2.45) is 5.10 Å². The van der Waals surface area contributed by atoms with E-state index < -0.39 is 0 Å². The van der Waals surface area contributed by atoms with Crippen LogP contribution in [0.4, 0.5) is 0 Å². The molecule has 0 aliphatic rings. The fourth-order valence-electron chi connectivity index (χ4n) is 2.63. The van der Waals surface area contributed by atoms with Gasteiger partial charge in [-0.05, 0) is 29.7 Å². The Bertz CT molecular complexity index is 882. The highest BCUT2D eigenvalue weighted by Crippen LogP contribution is 2.29. The van der Waals surface area contributed by atoms with Crippen LogP contribution in [0.1, 0.15) is 11.3 Å². The first-order valence-corrected chi connectivity index (χ1v) is 7.81. The molecule has 0 bridgehead atoms. The molecule has 2 N–H and O–H groups in total. The number of hydrazone groups is 1. The molecule has 2 aromatic carbocycles. The Morgan fingerprint density at radius 1 is 1.16 bits per heavy atom. The van der Waals surface area contributed by atoms with Crippen LogP contribution in [0, 0.1) is 0 Å². The van der Waals surface area contributed by atoms with Crippen molar-refractivity contribution in [3.05, 3.63) is 59.8 Å². The van der Waals surface area contributed by atoms with E-state index in [1.807, 2.05) is 42.5 Å². The van der Waals surface area contributed by atoms with E-state index in [1.54, 1.807) is 20.3 Å². The minimum atomic E-state index is -0.204. The second-order valence-corrected chi connectivity index (χ2v) is 5.43.